The molecule has 0 radical (unpaired) electrons. The first-order valence-electron chi connectivity index (χ1n) is 11.7. The van der Waals surface area contributed by atoms with Gasteiger partial charge in [0.15, 0.2) is 0 Å². The normalized spacial score (nSPS) is 20.2. The summed E-state index contributed by atoms with van der Waals surface area (Å²) in [7, 11) is 0. The van der Waals surface area contributed by atoms with Crippen LogP contribution in [0.1, 0.15) is 64.6 Å². The van der Waals surface area contributed by atoms with Gasteiger partial charge in [0.25, 0.3) is 5.92 Å². The van der Waals surface area contributed by atoms with E-state index in [1.54, 1.807) is 12.1 Å². The largest absolute Gasteiger partial charge is 0.370 e. The molecule has 174 valence electrons. The number of fused-ring (bicyclic) bond motifs is 2. The highest BCUT2D eigenvalue weighted by atomic mass is 19.3. The van der Waals surface area contributed by atoms with Crippen LogP contribution in [0, 0.1) is 5.92 Å². The highest BCUT2D eigenvalue weighted by Gasteiger charge is 2.38. The van der Waals surface area contributed by atoms with Gasteiger partial charge in [0.2, 0.25) is 0 Å². The van der Waals surface area contributed by atoms with Gasteiger partial charge in [-0.15, -0.1) is 0 Å². The summed E-state index contributed by atoms with van der Waals surface area (Å²) in [5.41, 5.74) is 7.85. The summed E-state index contributed by atoms with van der Waals surface area (Å²) in [5.74, 6) is -2.61. The lowest BCUT2D eigenvalue weighted by Gasteiger charge is -2.37. The molecule has 1 saturated heterocycles. The zero-order valence-corrected chi connectivity index (χ0v) is 19.8. The fraction of sp³-hybridized carbons (Fsp3) is 0.500. The van der Waals surface area contributed by atoms with Gasteiger partial charge >= 0.3 is 0 Å². The molecule has 2 unspecified atom stereocenters. The molecule has 0 amide bonds. The number of rotatable bonds is 7. The Labute approximate surface area is 190 Å². The van der Waals surface area contributed by atoms with Gasteiger partial charge in [-0.2, -0.15) is 5.10 Å². The lowest BCUT2D eigenvalue weighted by atomic mass is 9.85. The molecule has 1 aromatic carbocycles. The third kappa shape index (κ3) is 4.74. The van der Waals surface area contributed by atoms with Gasteiger partial charge in [-0.3, -0.25) is 0 Å². The van der Waals surface area contributed by atoms with Crippen molar-refractivity contribution in [3.63, 3.8) is 0 Å². The number of H-pyrrole nitrogens is 1. The molecule has 32 heavy (non-hydrogen) atoms. The Kier molecular flexibility index (Phi) is 7.42. The fourth-order valence-electron chi connectivity index (χ4n) is 4.59. The van der Waals surface area contributed by atoms with Crippen LogP contribution >= 0.6 is 0 Å². The molecular weight excluding hydrogens is 406 g/mol. The minimum atomic E-state index is -2.89. The molecule has 2 N–H and O–H groups in total. The number of unbranched alkanes of at least 4 members (excludes halogenated alkanes) is 1. The lowest BCUT2D eigenvalue weighted by Crippen LogP contribution is -2.46. The number of hydrogen-bond donors (Lipinski definition) is 2. The number of piperidine rings is 1. The van der Waals surface area contributed by atoms with E-state index in [2.05, 4.69) is 40.5 Å². The van der Waals surface area contributed by atoms with E-state index in [4.69, 9.17) is 0 Å². The zero-order valence-electron chi connectivity index (χ0n) is 19.8. The Morgan fingerprint density at radius 2 is 2.03 bits per heavy atom. The molecule has 0 saturated carbocycles. The monoisotopic (exact) mass is 442 g/mol. The minimum Gasteiger partial charge on any atom is -0.370 e. The number of hydrogen-bond acceptors (Lipinski definition) is 3. The Balaban J connectivity index is 0.00000141. The summed E-state index contributed by atoms with van der Waals surface area (Å²) in [6, 6.07) is 7.12. The van der Waals surface area contributed by atoms with E-state index < -0.39 is 5.92 Å². The summed E-state index contributed by atoms with van der Waals surface area (Å²) >= 11 is 0. The van der Waals surface area contributed by atoms with E-state index >= 15 is 0 Å². The van der Waals surface area contributed by atoms with Crippen molar-refractivity contribution in [1.29, 1.82) is 0 Å². The summed E-state index contributed by atoms with van der Waals surface area (Å²) in [4.78, 5) is 5.53. The van der Waals surface area contributed by atoms with Crippen molar-refractivity contribution >= 4 is 22.3 Å². The van der Waals surface area contributed by atoms with Crippen molar-refractivity contribution in [2.24, 2.45) is 11.0 Å². The van der Waals surface area contributed by atoms with Gasteiger partial charge in [-0.05, 0) is 37.0 Å². The number of nitrogens with zero attached hydrogens (tertiary/aromatic N) is 2. The highest BCUT2D eigenvalue weighted by molar-refractivity contribution is 6.03. The second-order valence-electron chi connectivity index (χ2n) is 8.57. The van der Waals surface area contributed by atoms with Crippen molar-refractivity contribution < 1.29 is 8.78 Å². The van der Waals surface area contributed by atoms with Crippen LogP contribution in [0.15, 0.2) is 48.1 Å². The standard InChI is InChI=1S/C24H30F2N4.C2H6/c1-5-6-8-15(2)23-18-14-30(12-11-21(18)28-29-23)16(3)22-13-17-19(24(4,25)26)9-7-10-20(17)27-22;1-2/h7,9-10,13,18,21,27-28H,2-3,5-6,8,11-12,14H2,1,4H3;1-2H3. The Morgan fingerprint density at radius 1 is 1.28 bits per heavy atom. The number of hydrazone groups is 1. The quantitative estimate of drug-likeness (QED) is 0.503. The number of aromatic amines is 1. The molecule has 0 bridgehead atoms. The predicted octanol–water partition coefficient (Wildman–Crippen LogP) is 6.67. The maximum atomic E-state index is 14.0. The second-order valence-corrected chi connectivity index (χ2v) is 8.57. The van der Waals surface area contributed by atoms with E-state index in [-0.39, 0.29) is 11.5 Å². The molecular formula is C26H36F2N4. The van der Waals surface area contributed by atoms with Crippen molar-refractivity contribution in [2.45, 2.75) is 65.3 Å². The summed E-state index contributed by atoms with van der Waals surface area (Å²) < 4.78 is 28.1. The average molecular weight is 443 g/mol. The molecule has 1 fully saturated rings. The minimum absolute atomic E-state index is 0.0376. The average Bonchev–Trinajstić information content (AvgIpc) is 3.41. The maximum Gasteiger partial charge on any atom is 0.271 e. The van der Waals surface area contributed by atoms with Crippen LogP contribution in [0.3, 0.4) is 0 Å². The topological polar surface area (TPSA) is 43.4 Å². The zero-order chi connectivity index (χ0) is 23.5. The third-order valence-electron chi connectivity index (χ3n) is 6.34. The Bertz CT molecular complexity index is 999. The Hall–Kier alpha value is -2.63. The van der Waals surface area contributed by atoms with Crippen LogP contribution in [0.5, 0.6) is 0 Å². The number of likely N-dealkylation sites (tertiary alicyclic amines) is 1. The van der Waals surface area contributed by atoms with Crippen LogP contribution in [0.25, 0.3) is 16.6 Å². The summed E-state index contributed by atoms with van der Waals surface area (Å²) in [6.07, 6.45) is 4.18. The van der Waals surface area contributed by atoms with Crippen LogP contribution in [-0.4, -0.2) is 34.7 Å². The molecule has 2 atom stereocenters. The van der Waals surface area contributed by atoms with Crippen molar-refractivity contribution in [1.82, 2.24) is 15.3 Å². The molecule has 0 spiro atoms. The fourth-order valence-corrected chi connectivity index (χ4v) is 4.59. The second kappa shape index (κ2) is 9.88. The molecule has 6 heteroatoms. The van der Waals surface area contributed by atoms with Crippen LogP contribution < -0.4 is 5.43 Å². The van der Waals surface area contributed by atoms with E-state index in [9.17, 15) is 8.78 Å². The summed E-state index contributed by atoms with van der Waals surface area (Å²) in [6.45, 7) is 17.3. The van der Waals surface area contributed by atoms with Gasteiger partial charge in [-0.1, -0.05) is 52.5 Å². The van der Waals surface area contributed by atoms with Gasteiger partial charge < -0.3 is 15.3 Å². The van der Waals surface area contributed by atoms with Crippen molar-refractivity contribution in [3.8, 4) is 0 Å². The molecule has 2 aromatic rings. The molecule has 2 aliphatic heterocycles. The SMILES string of the molecule is C=C(CCCC)C1=NNC2CCN(C(=C)c3cc4c(C(C)(F)F)cccc4[nH]3)CC12.CC. The first kappa shape index (κ1) is 24.0. The number of aromatic nitrogens is 1. The number of alkyl halides is 2. The molecule has 4 rings (SSSR count). The smallest absolute Gasteiger partial charge is 0.271 e. The highest BCUT2D eigenvalue weighted by Crippen LogP contribution is 2.36. The third-order valence-corrected chi connectivity index (χ3v) is 6.34. The van der Waals surface area contributed by atoms with Crippen LogP contribution in [-0.2, 0) is 5.92 Å². The molecule has 1 aromatic heterocycles. The van der Waals surface area contributed by atoms with E-state index in [1.165, 1.54) is 6.07 Å². The maximum absolute atomic E-state index is 14.0. The molecule has 3 heterocycles. The molecule has 2 aliphatic rings. The number of nitrogens with one attached hydrogen (secondary N) is 2. The molecule has 0 aliphatic carbocycles. The Morgan fingerprint density at radius 3 is 2.72 bits per heavy atom. The van der Waals surface area contributed by atoms with Gasteiger partial charge in [0.05, 0.1) is 23.1 Å². The van der Waals surface area contributed by atoms with Crippen molar-refractivity contribution in [2.75, 3.05) is 13.1 Å². The number of benzene rings is 1. The lowest BCUT2D eigenvalue weighted by molar-refractivity contribution is 0.0191. The van der Waals surface area contributed by atoms with E-state index in [0.717, 1.165) is 68.4 Å². The predicted molar refractivity (Wildman–Crippen MR) is 131 cm³/mol. The van der Waals surface area contributed by atoms with Crippen molar-refractivity contribution in [3.05, 3.63) is 54.3 Å². The number of halogens is 2. The number of allylic oxidation sites excluding steroid dienone is 1. The van der Waals surface area contributed by atoms with Crippen LogP contribution in [0.2, 0.25) is 0 Å². The first-order chi connectivity index (χ1) is 15.3. The van der Waals surface area contributed by atoms with Gasteiger partial charge in [-0.25, -0.2) is 8.78 Å². The van der Waals surface area contributed by atoms with E-state index in [1.807, 2.05) is 19.9 Å². The summed E-state index contributed by atoms with van der Waals surface area (Å²) in [5, 5.41) is 5.14. The van der Waals surface area contributed by atoms with Gasteiger partial charge in [0, 0.05) is 42.4 Å². The van der Waals surface area contributed by atoms with Crippen LogP contribution in [0.4, 0.5) is 8.78 Å². The first-order valence-corrected chi connectivity index (χ1v) is 11.7. The van der Waals surface area contributed by atoms with Gasteiger partial charge in [0.1, 0.15) is 0 Å². The van der Waals surface area contributed by atoms with E-state index in [0.29, 0.717) is 16.9 Å². The molecule has 4 nitrogen and oxygen atoms in total.